The Morgan fingerprint density at radius 2 is 1.97 bits per heavy atom. The van der Waals surface area contributed by atoms with Crippen LogP contribution in [0.5, 0.6) is 5.75 Å². The lowest BCUT2D eigenvalue weighted by Gasteiger charge is -2.11. The highest BCUT2D eigenvalue weighted by Gasteiger charge is 2.20. The van der Waals surface area contributed by atoms with E-state index in [1.807, 2.05) is 47.9 Å². The molecule has 3 heterocycles. The number of ether oxygens (including phenoxy) is 1. The molecule has 1 N–H and O–H groups in total. The Bertz CT molecular complexity index is 1120. The van der Waals surface area contributed by atoms with Gasteiger partial charge in [0, 0.05) is 0 Å². The van der Waals surface area contributed by atoms with E-state index in [9.17, 15) is 4.79 Å². The third kappa shape index (κ3) is 4.25. The number of methoxy groups -OCH3 is 1. The number of carbonyl (C=O) groups is 1. The molecule has 1 aromatic carbocycles. The first-order valence-electron chi connectivity index (χ1n) is 9.22. The average Bonchev–Trinajstić information content (AvgIpc) is 3.51. The van der Waals surface area contributed by atoms with Crippen LogP contribution < -0.4 is 10.1 Å². The van der Waals surface area contributed by atoms with Gasteiger partial charge in [-0.1, -0.05) is 11.8 Å². The van der Waals surface area contributed by atoms with Crippen LogP contribution in [0.15, 0.2) is 69.0 Å². The number of rotatable bonds is 8. The lowest BCUT2D eigenvalue weighted by Crippen LogP contribution is -2.24. The molecule has 30 heavy (non-hydrogen) atoms. The number of aromatic nitrogens is 3. The lowest BCUT2D eigenvalue weighted by molar-refractivity contribution is -0.118. The number of carbonyl (C=O) groups excluding carboxylic acids is 1. The number of hydrogen-bond donors (Lipinski definition) is 1. The van der Waals surface area contributed by atoms with Gasteiger partial charge in [0.2, 0.25) is 5.91 Å². The molecule has 0 saturated carbocycles. The van der Waals surface area contributed by atoms with Gasteiger partial charge in [-0.3, -0.25) is 9.36 Å². The van der Waals surface area contributed by atoms with Gasteiger partial charge >= 0.3 is 0 Å². The molecule has 0 unspecified atom stereocenters. The number of aryl methyl sites for hydroxylation is 1. The second-order valence-electron chi connectivity index (χ2n) is 6.37. The highest BCUT2D eigenvalue weighted by atomic mass is 32.2. The van der Waals surface area contributed by atoms with Crippen molar-refractivity contribution in [3.05, 3.63) is 66.5 Å². The van der Waals surface area contributed by atoms with Crippen molar-refractivity contribution in [3.8, 4) is 22.8 Å². The Balaban J connectivity index is 1.57. The van der Waals surface area contributed by atoms with Gasteiger partial charge < -0.3 is 18.9 Å². The molecule has 1 amide bonds. The molecule has 0 aliphatic rings. The predicted octanol–water partition coefficient (Wildman–Crippen LogP) is 3.85. The van der Waals surface area contributed by atoms with E-state index in [4.69, 9.17) is 13.6 Å². The Morgan fingerprint density at radius 1 is 1.13 bits per heavy atom. The number of nitrogens with zero attached hydrogens (tertiary/aromatic N) is 3. The van der Waals surface area contributed by atoms with E-state index in [1.165, 1.54) is 11.8 Å². The molecule has 8 nitrogen and oxygen atoms in total. The van der Waals surface area contributed by atoms with Crippen molar-refractivity contribution in [2.45, 2.75) is 18.6 Å². The zero-order valence-electron chi connectivity index (χ0n) is 16.5. The second kappa shape index (κ2) is 8.91. The van der Waals surface area contributed by atoms with Crippen LogP contribution in [0.4, 0.5) is 0 Å². The second-order valence-corrected chi connectivity index (χ2v) is 7.32. The highest BCUT2D eigenvalue weighted by Crippen LogP contribution is 2.30. The normalized spacial score (nSPS) is 10.9. The van der Waals surface area contributed by atoms with E-state index >= 15 is 0 Å². The summed E-state index contributed by atoms with van der Waals surface area (Å²) in [6.45, 7) is 2.22. The summed E-state index contributed by atoms with van der Waals surface area (Å²) in [6.07, 6.45) is 3.19. The fourth-order valence-electron chi connectivity index (χ4n) is 2.90. The molecule has 0 radical (unpaired) electrons. The number of furan rings is 2. The molecule has 0 atom stereocenters. The molecule has 4 rings (SSSR count). The van der Waals surface area contributed by atoms with E-state index in [0.717, 1.165) is 22.8 Å². The first kappa shape index (κ1) is 19.8. The fraction of sp³-hybridized carbons (Fsp3) is 0.190. The maximum atomic E-state index is 12.3. The molecule has 0 fully saturated rings. The van der Waals surface area contributed by atoms with Crippen LogP contribution in [0.2, 0.25) is 0 Å². The zero-order chi connectivity index (χ0) is 20.9. The van der Waals surface area contributed by atoms with Gasteiger partial charge in [-0.2, -0.15) is 0 Å². The van der Waals surface area contributed by atoms with Crippen molar-refractivity contribution in [3.63, 3.8) is 0 Å². The molecule has 0 bridgehead atoms. The first-order chi connectivity index (χ1) is 14.7. The summed E-state index contributed by atoms with van der Waals surface area (Å²) < 4.78 is 17.8. The van der Waals surface area contributed by atoms with E-state index in [1.54, 1.807) is 25.7 Å². The van der Waals surface area contributed by atoms with Crippen molar-refractivity contribution in [2.24, 2.45) is 0 Å². The smallest absolute Gasteiger partial charge is 0.230 e. The van der Waals surface area contributed by atoms with Gasteiger partial charge in [0.1, 0.15) is 17.3 Å². The number of thioether (sulfide) groups is 1. The standard InChI is InChI=1S/C21H20N4O4S/c1-14-18(9-11-28-14)20-23-24-21(25(20)15-5-7-16(27-2)8-6-15)30-13-19(26)22-12-17-4-3-10-29-17/h3-11H,12-13H2,1-2H3,(H,22,26). The van der Waals surface area contributed by atoms with Crippen LogP contribution in [0.25, 0.3) is 17.1 Å². The summed E-state index contributed by atoms with van der Waals surface area (Å²) in [6, 6.07) is 13.0. The van der Waals surface area contributed by atoms with E-state index in [2.05, 4.69) is 15.5 Å². The number of nitrogens with one attached hydrogen (secondary N) is 1. The number of hydrogen-bond acceptors (Lipinski definition) is 7. The van der Waals surface area contributed by atoms with E-state index in [-0.39, 0.29) is 11.7 Å². The molecular formula is C21H20N4O4S. The Hall–Kier alpha value is -3.46. The topological polar surface area (TPSA) is 95.3 Å². The minimum atomic E-state index is -0.123. The minimum absolute atomic E-state index is 0.123. The average molecular weight is 424 g/mol. The summed E-state index contributed by atoms with van der Waals surface area (Å²) in [4.78, 5) is 12.3. The summed E-state index contributed by atoms with van der Waals surface area (Å²) in [7, 11) is 1.62. The minimum Gasteiger partial charge on any atom is -0.497 e. The fourth-order valence-corrected chi connectivity index (χ4v) is 3.68. The molecule has 0 saturated heterocycles. The Morgan fingerprint density at radius 3 is 2.63 bits per heavy atom. The van der Waals surface area contributed by atoms with Crippen molar-refractivity contribution in [1.29, 1.82) is 0 Å². The molecule has 3 aromatic heterocycles. The molecule has 0 aliphatic heterocycles. The van der Waals surface area contributed by atoms with Crippen molar-refractivity contribution in [2.75, 3.05) is 12.9 Å². The van der Waals surface area contributed by atoms with Crippen LogP contribution in [0.1, 0.15) is 11.5 Å². The molecule has 4 aromatic rings. The summed E-state index contributed by atoms with van der Waals surface area (Å²) in [5, 5.41) is 12.1. The van der Waals surface area contributed by atoms with Gasteiger partial charge in [0.25, 0.3) is 0 Å². The molecule has 0 spiro atoms. The Labute approximate surface area is 177 Å². The Kier molecular flexibility index (Phi) is 5.89. The maximum absolute atomic E-state index is 12.3. The molecule has 0 aliphatic carbocycles. The first-order valence-corrected chi connectivity index (χ1v) is 10.2. The van der Waals surface area contributed by atoms with Gasteiger partial charge in [-0.25, -0.2) is 0 Å². The van der Waals surface area contributed by atoms with Gasteiger partial charge in [0.15, 0.2) is 11.0 Å². The van der Waals surface area contributed by atoms with Gasteiger partial charge in [-0.15, -0.1) is 10.2 Å². The van der Waals surface area contributed by atoms with Crippen molar-refractivity contribution >= 4 is 17.7 Å². The van der Waals surface area contributed by atoms with Gasteiger partial charge in [-0.05, 0) is 49.4 Å². The van der Waals surface area contributed by atoms with E-state index < -0.39 is 0 Å². The third-order valence-electron chi connectivity index (χ3n) is 4.44. The highest BCUT2D eigenvalue weighted by molar-refractivity contribution is 7.99. The van der Waals surface area contributed by atoms with E-state index in [0.29, 0.717) is 23.3 Å². The van der Waals surface area contributed by atoms with Crippen molar-refractivity contribution < 1.29 is 18.4 Å². The van der Waals surface area contributed by atoms with Crippen LogP contribution >= 0.6 is 11.8 Å². The summed E-state index contributed by atoms with van der Waals surface area (Å²) in [5.41, 5.74) is 1.70. The SMILES string of the molecule is COc1ccc(-n2c(SCC(=O)NCc3ccco3)nnc2-c2ccoc2C)cc1. The van der Waals surface area contributed by atoms with Crippen LogP contribution in [-0.4, -0.2) is 33.5 Å². The maximum Gasteiger partial charge on any atom is 0.230 e. The third-order valence-corrected chi connectivity index (χ3v) is 5.36. The monoisotopic (exact) mass is 424 g/mol. The molecular weight excluding hydrogens is 404 g/mol. The quantitative estimate of drug-likeness (QED) is 0.429. The largest absolute Gasteiger partial charge is 0.497 e. The molecule has 154 valence electrons. The van der Waals surface area contributed by atoms with Crippen molar-refractivity contribution in [1.82, 2.24) is 20.1 Å². The lowest BCUT2D eigenvalue weighted by atomic mass is 10.2. The van der Waals surface area contributed by atoms with Crippen LogP contribution in [0, 0.1) is 6.92 Å². The number of amides is 1. The number of benzene rings is 1. The molecule has 9 heteroatoms. The van der Waals surface area contributed by atoms with Crippen LogP contribution in [-0.2, 0) is 11.3 Å². The zero-order valence-corrected chi connectivity index (χ0v) is 17.3. The van der Waals surface area contributed by atoms with Gasteiger partial charge in [0.05, 0.1) is 43.2 Å². The van der Waals surface area contributed by atoms with Crippen LogP contribution in [0.3, 0.4) is 0 Å². The summed E-state index contributed by atoms with van der Waals surface area (Å²) >= 11 is 1.31. The predicted molar refractivity (Wildman–Crippen MR) is 112 cm³/mol. The summed E-state index contributed by atoms with van der Waals surface area (Å²) in [5.74, 6) is 2.91.